The lowest BCUT2D eigenvalue weighted by Gasteiger charge is -2.07. The molecule has 0 saturated heterocycles. The maximum absolute atomic E-state index is 12.2. The van der Waals surface area contributed by atoms with Crippen LogP contribution in [-0.2, 0) is 16.1 Å². The molecule has 0 spiro atoms. The third-order valence-electron chi connectivity index (χ3n) is 4.01. The molecule has 1 aromatic carbocycles. The fraction of sp³-hybridized carbons (Fsp3) is 0.471. The van der Waals surface area contributed by atoms with Gasteiger partial charge >= 0.3 is 5.97 Å². The molecule has 0 bridgehead atoms. The first-order chi connectivity index (χ1) is 9.34. The number of rotatable bonds is 4. The standard InChI is InChI=1S/C17H21ClO2/c1-11(2)9-13-15(17(13,3)4)16(19)20-10-12-7-5-6-8-14(12)18/h5-9,13,15H,10H2,1-4H3/t13?,15-/m0/s1. The van der Waals surface area contributed by atoms with E-state index in [9.17, 15) is 4.79 Å². The van der Waals surface area contributed by atoms with Gasteiger partial charge in [0.05, 0.1) is 5.92 Å². The van der Waals surface area contributed by atoms with Gasteiger partial charge in [-0.05, 0) is 31.2 Å². The summed E-state index contributed by atoms with van der Waals surface area (Å²) in [6.45, 7) is 8.57. The van der Waals surface area contributed by atoms with Crippen molar-refractivity contribution in [3.8, 4) is 0 Å². The summed E-state index contributed by atoms with van der Waals surface area (Å²) in [5, 5.41) is 0.635. The van der Waals surface area contributed by atoms with Crippen molar-refractivity contribution in [2.24, 2.45) is 17.3 Å². The van der Waals surface area contributed by atoms with E-state index in [1.807, 2.05) is 18.2 Å². The van der Waals surface area contributed by atoms with Gasteiger partial charge in [0.2, 0.25) is 0 Å². The Kier molecular flexibility index (Phi) is 4.24. The third-order valence-corrected chi connectivity index (χ3v) is 4.37. The Morgan fingerprint density at radius 3 is 2.60 bits per heavy atom. The van der Waals surface area contributed by atoms with Crippen LogP contribution in [0.25, 0.3) is 0 Å². The summed E-state index contributed by atoms with van der Waals surface area (Å²) in [6.07, 6.45) is 2.17. The smallest absolute Gasteiger partial charge is 0.310 e. The Labute approximate surface area is 125 Å². The van der Waals surface area contributed by atoms with Crippen LogP contribution >= 0.6 is 11.6 Å². The number of halogens is 1. The van der Waals surface area contributed by atoms with Gasteiger partial charge in [0, 0.05) is 10.6 Å². The average molecular weight is 293 g/mol. The highest BCUT2D eigenvalue weighted by molar-refractivity contribution is 6.31. The lowest BCUT2D eigenvalue weighted by molar-refractivity contribution is -0.147. The van der Waals surface area contributed by atoms with Crippen molar-refractivity contribution in [3.05, 3.63) is 46.5 Å². The first kappa shape index (κ1) is 15.1. The molecule has 1 aliphatic carbocycles. The summed E-state index contributed by atoms with van der Waals surface area (Å²) in [5.74, 6) is 0.114. The number of benzene rings is 1. The van der Waals surface area contributed by atoms with Crippen LogP contribution in [0, 0.1) is 17.3 Å². The highest BCUT2D eigenvalue weighted by atomic mass is 35.5. The SMILES string of the molecule is CC(C)=CC1[C@@H](C(=O)OCc2ccccc2Cl)C1(C)C. The largest absolute Gasteiger partial charge is 0.461 e. The Morgan fingerprint density at radius 1 is 1.35 bits per heavy atom. The van der Waals surface area contributed by atoms with Crippen molar-refractivity contribution in [2.75, 3.05) is 0 Å². The van der Waals surface area contributed by atoms with E-state index in [1.54, 1.807) is 6.07 Å². The monoisotopic (exact) mass is 292 g/mol. The molecule has 20 heavy (non-hydrogen) atoms. The molecule has 3 heteroatoms. The Bertz CT molecular complexity index is 542. The van der Waals surface area contributed by atoms with E-state index in [0.29, 0.717) is 5.02 Å². The van der Waals surface area contributed by atoms with Gasteiger partial charge in [-0.2, -0.15) is 0 Å². The van der Waals surface area contributed by atoms with Gasteiger partial charge in [-0.1, -0.05) is 55.3 Å². The van der Waals surface area contributed by atoms with Crippen LogP contribution in [0.3, 0.4) is 0 Å². The molecule has 0 aliphatic heterocycles. The van der Waals surface area contributed by atoms with Gasteiger partial charge in [-0.25, -0.2) is 0 Å². The molecule has 2 atom stereocenters. The van der Waals surface area contributed by atoms with Crippen molar-refractivity contribution in [3.63, 3.8) is 0 Å². The first-order valence-corrected chi connectivity index (χ1v) is 7.27. The fourth-order valence-corrected chi connectivity index (χ4v) is 2.84. The van der Waals surface area contributed by atoms with Crippen LogP contribution in [-0.4, -0.2) is 5.97 Å². The lowest BCUT2D eigenvalue weighted by Crippen LogP contribution is -2.10. The predicted octanol–water partition coefficient (Wildman–Crippen LogP) is 4.62. The number of esters is 1. The summed E-state index contributed by atoms with van der Waals surface area (Å²) < 4.78 is 5.43. The summed E-state index contributed by atoms with van der Waals surface area (Å²) in [6, 6.07) is 7.43. The summed E-state index contributed by atoms with van der Waals surface area (Å²) in [4.78, 5) is 12.2. The molecule has 1 fully saturated rings. The topological polar surface area (TPSA) is 26.3 Å². The molecule has 1 unspecified atom stereocenters. The van der Waals surface area contributed by atoms with E-state index in [0.717, 1.165) is 5.56 Å². The molecule has 2 nitrogen and oxygen atoms in total. The molecule has 0 radical (unpaired) electrons. The van der Waals surface area contributed by atoms with Crippen LogP contribution < -0.4 is 0 Å². The molecule has 108 valence electrons. The second kappa shape index (κ2) is 5.61. The quantitative estimate of drug-likeness (QED) is 0.598. The maximum atomic E-state index is 12.2. The molecular weight excluding hydrogens is 272 g/mol. The van der Waals surface area contributed by atoms with E-state index < -0.39 is 0 Å². The van der Waals surface area contributed by atoms with E-state index in [1.165, 1.54) is 5.57 Å². The van der Waals surface area contributed by atoms with Crippen LogP contribution in [0.5, 0.6) is 0 Å². The summed E-state index contributed by atoms with van der Waals surface area (Å²) in [5.41, 5.74) is 2.08. The maximum Gasteiger partial charge on any atom is 0.310 e. The molecule has 1 saturated carbocycles. The minimum absolute atomic E-state index is 0.00512. The molecule has 0 amide bonds. The van der Waals surface area contributed by atoms with E-state index in [-0.39, 0.29) is 29.8 Å². The third kappa shape index (κ3) is 3.06. The van der Waals surface area contributed by atoms with E-state index in [2.05, 4.69) is 33.8 Å². The summed E-state index contributed by atoms with van der Waals surface area (Å²) >= 11 is 6.06. The van der Waals surface area contributed by atoms with Gasteiger partial charge in [0.25, 0.3) is 0 Å². The summed E-state index contributed by atoms with van der Waals surface area (Å²) in [7, 11) is 0. The van der Waals surface area contributed by atoms with Crippen molar-refractivity contribution in [1.29, 1.82) is 0 Å². The van der Waals surface area contributed by atoms with Gasteiger partial charge < -0.3 is 4.74 Å². The highest BCUT2D eigenvalue weighted by Gasteiger charge is 2.61. The minimum atomic E-state index is -0.127. The second-order valence-electron chi connectivity index (χ2n) is 6.27. The average Bonchev–Trinajstić information content (AvgIpc) is 2.88. The normalized spacial score (nSPS) is 23.1. The molecule has 0 aromatic heterocycles. The number of ether oxygens (including phenoxy) is 1. The number of carbonyl (C=O) groups excluding carboxylic acids is 1. The van der Waals surface area contributed by atoms with Gasteiger partial charge in [-0.15, -0.1) is 0 Å². The Morgan fingerprint density at radius 2 is 2.00 bits per heavy atom. The number of allylic oxidation sites excluding steroid dienone is 2. The zero-order chi connectivity index (χ0) is 14.9. The van der Waals surface area contributed by atoms with Gasteiger partial charge in [-0.3, -0.25) is 4.79 Å². The van der Waals surface area contributed by atoms with Crippen molar-refractivity contribution in [2.45, 2.75) is 34.3 Å². The Balaban J connectivity index is 1.97. The molecule has 0 heterocycles. The Hall–Kier alpha value is -1.28. The molecule has 0 N–H and O–H groups in total. The van der Waals surface area contributed by atoms with Gasteiger partial charge in [0.1, 0.15) is 6.61 Å². The zero-order valence-electron chi connectivity index (χ0n) is 12.4. The number of hydrogen-bond acceptors (Lipinski definition) is 2. The minimum Gasteiger partial charge on any atom is -0.461 e. The zero-order valence-corrected chi connectivity index (χ0v) is 13.2. The van der Waals surface area contributed by atoms with Crippen LogP contribution in [0.4, 0.5) is 0 Å². The van der Waals surface area contributed by atoms with Gasteiger partial charge in [0.15, 0.2) is 0 Å². The molecule has 1 aromatic rings. The first-order valence-electron chi connectivity index (χ1n) is 6.89. The van der Waals surface area contributed by atoms with E-state index >= 15 is 0 Å². The fourth-order valence-electron chi connectivity index (χ4n) is 2.65. The van der Waals surface area contributed by atoms with Crippen LogP contribution in [0.15, 0.2) is 35.9 Å². The lowest BCUT2D eigenvalue weighted by atomic mass is 10.1. The van der Waals surface area contributed by atoms with E-state index in [4.69, 9.17) is 16.3 Å². The second-order valence-corrected chi connectivity index (χ2v) is 6.68. The van der Waals surface area contributed by atoms with Crippen molar-refractivity contribution < 1.29 is 9.53 Å². The van der Waals surface area contributed by atoms with Crippen molar-refractivity contribution in [1.82, 2.24) is 0 Å². The molecule has 1 aliphatic rings. The highest BCUT2D eigenvalue weighted by Crippen LogP contribution is 2.59. The molecular formula is C17H21ClO2. The van der Waals surface area contributed by atoms with Crippen LogP contribution in [0.1, 0.15) is 33.3 Å². The number of carbonyl (C=O) groups is 1. The number of hydrogen-bond donors (Lipinski definition) is 0. The van der Waals surface area contributed by atoms with Crippen LogP contribution in [0.2, 0.25) is 5.02 Å². The van der Waals surface area contributed by atoms with Crippen molar-refractivity contribution >= 4 is 17.6 Å². The molecule has 2 rings (SSSR count). The predicted molar refractivity (Wildman–Crippen MR) is 81.4 cm³/mol.